The number of aromatic nitrogens is 4. The molecule has 7 nitrogen and oxygen atoms in total. The van der Waals surface area contributed by atoms with Crippen LogP contribution in [-0.2, 0) is 13.6 Å². The van der Waals surface area contributed by atoms with Crippen LogP contribution >= 0.6 is 11.6 Å². The Balaban J connectivity index is 1.55. The van der Waals surface area contributed by atoms with Gasteiger partial charge < -0.3 is 9.84 Å². The van der Waals surface area contributed by atoms with Gasteiger partial charge in [0.1, 0.15) is 17.0 Å². The fourth-order valence-electron chi connectivity index (χ4n) is 3.14. The van der Waals surface area contributed by atoms with E-state index in [1.54, 1.807) is 36.1 Å². The number of carbonyl (C=O) groups is 1. The van der Waals surface area contributed by atoms with Gasteiger partial charge in [-0.3, -0.25) is 14.5 Å². The van der Waals surface area contributed by atoms with Gasteiger partial charge in [0.2, 0.25) is 0 Å². The van der Waals surface area contributed by atoms with Gasteiger partial charge in [0.25, 0.3) is 5.91 Å². The molecule has 146 valence electrons. The topological polar surface area (TPSA) is 85.8 Å². The van der Waals surface area contributed by atoms with Crippen LogP contribution in [0.5, 0.6) is 0 Å². The average Bonchev–Trinajstić information content (AvgIpc) is 3.29. The number of aryl methyl sites for hydroxylation is 2. The van der Waals surface area contributed by atoms with Crippen molar-refractivity contribution in [3.05, 3.63) is 76.9 Å². The average molecular weight is 408 g/mol. The third-order valence-corrected chi connectivity index (χ3v) is 4.88. The smallest absolute Gasteiger partial charge is 0.257 e. The molecule has 0 aliphatic rings. The minimum absolute atomic E-state index is 0.268. The molecule has 0 radical (unpaired) electrons. The number of nitrogens with one attached hydrogen (secondary N) is 1. The summed E-state index contributed by atoms with van der Waals surface area (Å²) < 4.78 is 7.04. The summed E-state index contributed by atoms with van der Waals surface area (Å²) in [6.45, 7) is 1.97. The van der Waals surface area contributed by atoms with Crippen LogP contribution in [0.3, 0.4) is 0 Å². The van der Waals surface area contributed by atoms with E-state index < -0.39 is 0 Å². The van der Waals surface area contributed by atoms with Crippen molar-refractivity contribution in [1.82, 2.24) is 25.2 Å². The van der Waals surface area contributed by atoms with E-state index in [1.807, 2.05) is 37.4 Å². The highest BCUT2D eigenvalue weighted by Gasteiger charge is 2.23. The van der Waals surface area contributed by atoms with Crippen molar-refractivity contribution >= 4 is 17.5 Å². The Morgan fingerprint density at radius 3 is 2.72 bits per heavy atom. The van der Waals surface area contributed by atoms with Crippen molar-refractivity contribution in [1.29, 1.82) is 0 Å². The van der Waals surface area contributed by atoms with Crippen LogP contribution in [0, 0.1) is 6.92 Å². The van der Waals surface area contributed by atoms with E-state index in [1.165, 1.54) is 0 Å². The maximum absolute atomic E-state index is 12.9. The number of pyridine rings is 1. The van der Waals surface area contributed by atoms with Crippen LogP contribution in [0.1, 0.15) is 21.8 Å². The first-order valence-corrected chi connectivity index (χ1v) is 9.35. The van der Waals surface area contributed by atoms with E-state index in [0.29, 0.717) is 27.6 Å². The molecular formula is C21H18ClN5O2. The molecule has 0 bridgehead atoms. The van der Waals surface area contributed by atoms with Crippen LogP contribution < -0.4 is 5.32 Å². The van der Waals surface area contributed by atoms with Gasteiger partial charge in [-0.1, -0.05) is 35.0 Å². The lowest BCUT2D eigenvalue weighted by atomic mass is 10.1. The number of halogens is 1. The molecule has 0 fully saturated rings. The second-order valence-electron chi connectivity index (χ2n) is 6.51. The van der Waals surface area contributed by atoms with Gasteiger partial charge in [0, 0.05) is 30.6 Å². The van der Waals surface area contributed by atoms with Crippen molar-refractivity contribution in [2.24, 2.45) is 7.05 Å². The standard InChI is InChI=1S/C21H18ClN5O2/c1-13-19(20(26-29-13)16-5-3-4-6-17(16)22)21(28)24-12-15-11-18(27(2)25-15)14-7-9-23-10-8-14/h3-11H,12H2,1-2H3,(H,24,28). The molecule has 4 aromatic rings. The molecule has 8 heteroatoms. The van der Waals surface area contributed by atoms with Gasteiger partial charge in [0.05, 0.1) is 23.0 Å². The molecule has 3 heterocycles. The van der Waals surface area contributed by atoms with Crippen molar-refractivity contribution in [2.45, 2.75) is 13.5 Å². The Hall–Kier alpha value is -3.45. The maximum atomic E-state index is 12.9. The molecule has 0 saturated carbocycles. The number of nitrogens with zero attached hydrogens (tertiary/aromatic N) is 4. The Kier molecular flexibility index (Phi) is 5.14. The minimum atomic E-state index is -0.296. The minimum Gasteiger partial charge on any atom is -0.360 e. The lowest BCUT2D eigenvalue weighted by Crippen LogP contribution is -2.24. The predicted molar refractivity (Wildman–Crippen MR) is 109 cm³/mol. The van der Waals surface area contributed by atoms with Crippen LogP contribution in [0.2, 0.25) is 5.02 Å². The van der Waals surface area contributed by atoms with Gasteiger partial charge >= 0.3 is 0 Å². The zero-order valence-corrected chi connectivity index (χ0v) is 16.6. The van der Waals surface area contributed by atoms with Crippen molar-refractivity contribution in [3.8, 4) is 22.5 Å². The Bertz CT molecular complexity index is 1170. The summed E-state index contributed by atoms with van der Waals surface area (Å²) in [7, 11) is 1.86. The summed E-state index contributed by atoms with van der Waals surface area (Å²) >= 11 is 6.27. The number of carbonyl (C=O) groups excluding carboxylic acids is 1. The number of amides is 1. The van der Waals surface area contributed by atoms with Gasteiger partial charge in [0.15, 0.2) is 0 Å². The molecule has 1 aromatic carbocycles. The number of benzene rings is 1. The highest BCUT2D eigenvalue weighted by atomic mass is 35.5. The molecule has 29 heavy (non-hydrogen) atoms. The first kappa shape index (κ1) is 18.9. The number of hydrogen-bond donors (Lipinski definition) is 1. The fourth-order valence-corrected chi connectivity index (χ4v) is 3.37. The monoisotopic (exact) mass is 407 g/mol. The molecular weight excluding hydrogens is 390 g/mol. The molecule has 1 N–H and O–H groups in total. The Morgan fingerprint density at radius 1 is 1.21 bits per heavy atom. The molecule has 1 amide bonds. The molecule has 0 unspecified atom stereocenters. The quantitative estimate of drug-likeness (QED) is 0.539. The van der Waals surface area contributed by atoms with Crippen molar-refractivity contribution in [2.75, 3.05) is 0 Å². The zero-order chi connectivity index (χ0) is 20.4. The van der Waals surface area contributed by atoms with E-state index in [4.69, 9.17) is 16.1 Å². The third kappa shape index (κ3) is 3.77. The van der Waals surface area contributed by atoms with Crippen molar-refractivity contribution < 1.29 is 9.32 Å². The third-order valence-electron chi connectivity index (χ3n) is 4.56. The highest BCUT2D eigenvalue weighted by molar-refractivity contribution is 6.33. The number of hydrogen-bond acceptors (Lipinski definition) is 5. The highest BCUT2D eigenvalue weighted by Crippen LogP contribution is 2.31. The van der Waals surface area contributed by atoms with Crippen LogP contribution in [0.4, 0.5) is 0 Å². The molecule has 0 atom stereocenters. The molecule has 0 saturated heterocycles. The summed E-state index contributed by atoms with van der Waals surface area (Å²) in [4.78, 5) is 16.9. The van der Waals surface area contributed by atoms with E-state index in [0.717, 1.165) is 17.0 Å². The Morgan fingerprint density at radius 2 is 1.97 bits per heavy atom. The van der Waals surface area contributed by atoms with Crippen LogP contribution in [-0.4, -0.2) is 25.8 Å². The second-order valence-corrected chi connectivity index (χ2v) is 6.91. The Labute approximate surface area is 172 Å². The molecule has 0 spiro atoms. The van der Waals surface area contributed by atoms with E-state index in [-0.39, 0.29) is 12.5 Å². The maximum Gasteiger partial charge on any atom is 0.257 e. The summed E-state index contributed by atoms with van der Waals surface area (Å²) in [6.07, 6.45) is 3.46. The first-order valence-electron chi connectivity index (χ1n) is 8.97. The van der Waals surface area contributed by atoms with Gasteiger partial charge in [-0.2, -0.15) is 5.10 Å². The largest absolute Gasteiger partial charge is 0.360 e. The summed E-state index contributed by atoms with van der Waals surface area (Å²) in [5, 5.41) is 11.9. The van der Waals surface area contributed by atoms with E-state index in [9.17, 15) is 4.79 Å². The first-order chi connectivity index (χ1) is 14.0. The SMILES string of the molecule is Cc1onc(-c2ccccc2Cl)c1C(=O)NCc1cc(-c2ccncc2)n(C)n1. The lowest BCUT2D eigenvalue weighted by molar-refractivity contribution is 0.0949. The van der Waals surface area contributed by atoms with Crippen LogP contribution in [0.25, 0.3) is 22.5 Å². The van der Waals surface area contributed by atoms with Gasteiger partial charge in [-0.25, -0.2) is 0 Å². The fraction of sp³-hybridized carbons (Fsp3) is 0.143. The lowest BCUT2D eigenvalue weighted by Gasteiger charge is -2.05. The molecule has 4 rings (SSSR count). The zero-order valence-electron chi connectivity index (χ0n) is 15.9. The number of rotatable bonds is 5. The van der Waals surface area contributed by atoms with Crippen LogP contribution in [0.15, 0.2) is 59.4 Å². The van der Waals surface area contributed by atoms with Gasteiger partial charge in [-0.15, -0.1) is 0 Å². The molecule has 3 aromatic heterocycles. The van der Waals surface area contributed by atoms with E-state index in [2.05, 4.69) is 20.6 Å². The summed E-state index contributed by atoms with van der Waals surface area (Å²) in [6, 6.07) is 13.0. The summed E-state index contributed by atoms with van der Waals surface area (Å²) in [5.41, 5.74) is 4.11. The van der Waals surface area contributed by atoms with Crippen molar-refractivity contribution in [3.63, 3.8) is 0 Å². The normalized spacial score (nSPS) is 10.9. The summed E-state index contributed by atoms with van der Waals surface area (Å²) in [5.74, 6) is 0.130. The predicted octanol–water partition coefficient (Wildman–Crippen LogP) is 4.03. The molecule has 0 aliphatic heterocycles. The second kappa shape index (κ2) is 7.89. The van der Waals surface area contributed by atoms with E-state index >= 15 is 0 Å². The van der Waals surface area contributed by atoms with Gasteiger partial charge in [-0.05, 0) is 31.2 Å². The molecule has 0 aliphatic carbocycles.